The van der Waals surface area contributed by atoms with Crippen LogP contribution in [0.5, 0.6) is 0 Å². The van der Waals surface area contributed by atoms with E-state index in [0.717, 1.165) is 24.4 Å². The Morgan fingerprint density at radius 1 is 1.25 bits per heavy atom. The smallest absolute Gasteiger partial charge is 0.0119 e. The molecule has 0 radical (unpaired) electrons. The van der Waals surface area contributed by atoms with Gasteiger partial charge < -0.3 is 5.73 Å². The molecule has 0 aliphatic carbocycles. The van der Waals surface area contributed by atoms with Crippen LogP contribution in [-0.4, -0.2) is 30.6 Å². The number of hydrogen-bond acceptors (Lipinski definition) is 2. The molecule has 2 atom stereocenters. The average molecular weight is 226 g/mol. The predicted octanol–water partition coefficient (Wildman–Crippen LogP) is 2.73. The molecule has 1 saturated heterocycles. The molecular weight excluding hydrogens is 196 g/mol. The van der Waals surface area contributed by atoms with E-state index in [4.69, 9.17) is 5.73 Å². The number of nitrogens with two attached hydrogens (primary N) is 1. The lowest BCUT2D eigenvalue weighted by Gasteiger charge is -2.31. The van der Waals surface area contributed by atoms with Gasteiger partial charge in [0.2, 0.25) is 0 Å². The van der Waals surface area contributed by atoms with Crippen LogP contribution in [0.4, 0.5) is 0 Å². The molecule has 2 unspecified atom stereocenters. The SMILES string of the molecule is CC(C)CC(CN)CN1CCCC1C(C)C. The molecule has 1 aliphatic rings. The molecule has 1 rings (SSSR count). The summed E-state index contributed by atoms with van der Waals surface area (Å²) in [5.41, 5.74) is 5.89. The maximum atomic E-state index is 5.89. The molecule has 0 aromatic carbocycles. The van der Waals surface area contributed by atoms with Crippen LogP contribution >= 0.6 is 0 Å². The third kappa shape index (κ3) is 4.06. The summed E-state index contributed by atoms with van der Waals surface area (Å²) in [5.74, 6) is 2.26. The van der Waals surface area contributed by atoms with Crippen molar-refractivity contribution < 1.29 is 0 Å². The van der Waals surface area contributed by atoms with Crippen molar-refractivity contribution in [1.82, 2.24) is 4.90 Å². The van der Waals surface area contributed by atoms with E-state index in [-0.39, 0.29) is 0 Å². The molecule has 2 heteroatoms. The first-order valence-corrected chi connectivity index (χ1v) is 6.98. The highest BCUT2D eigenvalue weighted by Gasteiger charge is 2.28. The van der Waals surface area contributed by atoms with E-state index in [1.807, 2.05) is 0 Å². The molecule has 0 bridgehead atoms. The molecule has 2 nitrogen and oxygen atoms in total. The Bertz CT molecular complexity index is 189. The van der Waals surface area contributed by atoms with Gasteiger partial charge in [-0.3, -0.25) is 4.90 Å². The summed E-state index contributed by atoms with van der Waals surface area (Å²) >= 11 is 0. The molecule has 1 fully saturated rings. The molecule has 0 aromatic heterocycles. The number of hydrogen-bond donors (Lipinski definition) is 1. The van der Waals surface area contributed by atoms with Gasteiger partial charge in [0.15, 0.2) is 0 Å². The number of nitrogens with zero attached hydrogens (tertiary/aromatic N) is 1. The first-order chi connectivity index (χ1) is 7.54. The minimum Gasteiger partial charge on any atom is -0.330 e. The lowest BCUT2D eigenvalue weighted by Crippen LogP contribution is -2.39. The maximum Gasteiger partial charge on any atom is 0.0119 e. The Labute approximate surface area is 102 Å². The highest BCUT2D eigenvalue weighted by molar-refractivity contribution is 4.83. The minimum atomic E-state index is 0.694. The Hall–Kier alpha value is -0.0800. The topological polar surface area (TPSA) is 29.3 Å². The number of rotatable bonds is 6. The Morgan fingerprint density at radius 2 is 1.94 bits per heavy atom. The summed E-state index contributed by atoms with van der Waals surface area (Å²) in [5, 5.41) is 0. The van der Waals surface area contributed by atoms with Crippen LogP contribution in [0, 0.1) is 17.8 Å². The van der Waals surface area contributed by atoms with Crippen LogP contribution in [0.2, 0.25) is 0 Å². The lowest BCUT2D eigenvalue weighted by molar-refractivity contribution is 0.169. The van der Waals surface area contributed by atoms with Crippen molar-refractivity contribution in [2.24, 2.45) is 23.5 Å². The van der Waals surface area contributed by atoms with Crippen molar-refractivity contribution in [3.05, 3.63) is 0 Å². The minimum absolute atomic E-state index is 0.694. The molecule has 96 valence electrons. The highest BCUT2D eigenvalue weighted by Crippen LogP contribution is 2.25. The molecule has 2 N–H and O–H groups in total. The molecular formula is C14H30N2. The van der Waals surface area contributed by atoms with Crippen molar-refractivity contribution in [2.75, 3.05) is 19.6 Å². The highest BCUT2D eigenvalue weighted by atomic mass is 15.2. The van der Waals surface area contributed by atoms with Gasteiger partial charge in [0.25, 0.3) is 0 Å². The van der Waals surface area contributed by atoms with Crippen LogP contribution in [0.3, 0.4) is 0 Å². The molecule has 16 heavy (non-hydrogen) atoms. The van der Waals surface area contributed by atoms with E-state index in [1.165, 1.54) is 32.4 Å². The molecule has 1 aliphatic heterocycles. The molecule has 0 spiro atoms. The second-order valence-electron chi connectivity index (χ2n) is 6.18. The monoisotopic (exact) mass is 226 g/mol. The fraction of sp³-hybridized carbons (Fsp3) is 1.00. The largest absolute Gasteiger partial charge is 0.330 e. The van der Waals surface area contributed by atoms with Crippen LogP contribution < -0.4 is 5.73 Å². The van der Waals surface area contributed by atoms with Crippen LogP contribution in [0.1, 0.15) is 47.0 Å². The summed E-state index contributed by atoms with van der Waals surface area (Å²) in [6.45, 7) is 12.7. The van der Waals surface area contributed by atoms with E-state index >= 15 is 0 Å². The van der Waals surface area contributed by atoms with Gasteiger partial charge in [-0.25, -0.2) is 0 Å². The average Bonchev–Trinajstić information content (AvgIpc) is 2.64. The van der Waals surface area contributed by atoms with Gasteiger partial charge in [-0.2, -0.15) is 0 Å². The first-order valence-electron chi connectivity index (χ1n) is 6.98. The van der Waals surface area contributed by atoms with Crippen molar-refractivity contribution in [2.45, 2.75) is 53.0 Å². The van der Waals surface area contributed by atoms with E-state index < -0.39 is 0 Å². The fourth-order valence-electron chi connectivity index (χ4n) is 3.08. The van der Waals surface area contributed by atoms with E-state index in [9.17, 15) is 0 Å². The van der Waals surface area contributed by atoms with Gasteiger partial charge in [0.1, 0.15) is 0 Å². The zero-order chi connectivity index (χ0) is 12.1. The zero-order valence-electron chi connectivity index (χ0n) is 11.6. The maximum absolute atomic E-state index is 5.89. The third-order valence-corrected chi connectivity index (χ3v) is 3.81. The van der Waals surface area contributed by atoms with Gasteiger partial charge in [-0.1, -0.05) is 27.7 Å². The molecule has 0 saturated carbocycles. The van der Waals surface area contributed by atoms with E-state index in [1.54, 1.807) is 0 Å². The van der Waals surface area contributed by atoms with Gasteiger partial charge in [0.05, 0.1) is 0 Å². The first kappa shape index (κ1) is 14.0. The Balaban J connectivity index is 2.44. The van der Waals surface area contributed by atoms with Crippen molar-refractivity contribution in [3.63, 3.8) is 0 Å². The van der Waals surface area contributed by atoms with Crippen LogP contribution in [0.25, 0.3) is 0 Å². The van der Waals surface area contributed by atoms with Gasteiger partial charge in [-0.05, 0) is 50.1 Å². The normalized spacial score (nSPS) is 24.6. The summed E-state index contributed by atoms with van der Waals surface area (Å²) in [6, 6.07) is 0.807. The Morgan fingerprint density at radius 3 is 2.44 bits per heavy atom. The van der Waals surface area contributed by atoms with Crippen molar-refractivity contribution >= 4 is 0 Å². The van der Waals surface area contributed by atoms with E-state index in [2.05, 4.69) is 32.6 Å². The van der Waals surface area contributed by atoms with Gasteiger partial charge in [0, 0.05) is 12.6 Å². The Kier molecular flexibility index (Phi) is 5.77. The standard InChI is InChI=1S/C14H30N2/c1-11(2)8-13(9-15)10-16-7-5-6-14(16)12(3)4/h11-14H,5-10,15H2,1-4H3. The third-order valence-electron chi connectivity index (χ3n) is 3.81. The molecule has 0 amide bonds. The number of likely N-dealkylation sites (tertiary alicyclic amines) is 1. The van der Waals surface area contributed by atoms with Crippen LogP contribution in [-0.2, 0) is 0 Å². The fourth-order valence-corrected chi connectivity index (χ4v) is 3.08. The lowest BCUT2D eigenvalue weighted by atomic mass is 9.95. The molecule has 1 heterocycles. The van der Waals surface area contributed by atoms with Crippen molar-refractivity contribution in [3.8, 4) is 0 Å². The van der Waals surface area contributed by atoms with Crippen molar-refractivity contribution in [1.29, 1.82) is 0 Å². The second kappa shape index (κ2) is 6.61. The zero-order valence-corrected chi connectivity index (χ0v) is 11.6. The predicted molar refractivity (Wildman–Crippen MR) is 71.4 cm³/mol. The van der Waals surface area contributed by atoms with Gasteiger partial charge in [-0.15, -0.1) is 0 Å². The van der Waals surface area contributed by atoms with Gasteiger partial charge >= 0.3 is 0 Å². The quantitative estimate of drug-likeness (QED) is 0.754. The van der Waals surface area contributed by atoms with E-state index in [0.29, 0.717) is 5.92 Å². The summed E-state index contributed by atoms with van der Waals surface area (Å²) in [4.78, 5) is 2.69. The second-order valence-corrected chi connectivity index (χ2v) is 6.18. The summed E-state index contributed by atoms with van der Waals surface area (Å²) in [6.07, 6.45) is 4.04. The van der Waals surface area contributed by atoms with Crippen LogP contribution in [0.15, 0.2) is 0 Å². The summed E-state index contributed by atoms with van der Waals surface area (Å²) < 4.78 is 0. The molecule has 0 aromatic rings. The summed E-state index contributed by atoms with van der Waals surface area (Å²) in [7, 11) is 0.